The van der Waals surface area contributed by atoms with E-state index in [9.17, 15) is 14.7 Å². The number of urea groups is 1. The maximum Gasteiger partial charge on any atom is 0.328 e. The van der Waals surface area contributed by atoms with Crippen molar-refractivity contribution in [2.45, 2.75) is 55.4 Å². The average Bonchev–Trinajstić information content (AvgIpc) is 3.32. The van der Waals surface area contributed by atoms with Gasteiger partial charge in [-0.15, -0.1) is 0 Å². The van der Waals surface area contributed by atoms with E-state index in [0.717, 1.165) is 22.6 Å². The fourth-order valence-electron chi connectivity index (χ4n) is 3.39. The molecule has 0 spiro atoms. The molecule has 2 N–H and O–H groups in total. The van der Waals surface area contributed by atoms with Gasteiger partial charge in [0.15, 0.2) is 5.13 Å². The number of amides is 2. The summed E-state index contributed by atoms with van der Waals surface area (Å²) < 4.78 is -0.244. The summed E-state index contributed by atoms with van der Waals surface area (Å²) in [6.07, 6.45) is 6.18. The number of aromatic nitrogens is 1. The summed E-state index contributed by atoms with van der Waals surface area (Å²) in [7, 11) is 0. The first-order valence-corrected chi connectivity index (χ1v) is 11.9. The number of thiazole rings is 1. The van der Waals surface area contributed by atoms with Crippen LogP contribution in [0.1, 0.15) is 45.1 Å². The third-order valence-corrected chi connectivity index (χ3v) is 7.63. The first-order chi connectivity index (χ1) is 14.2. The number of carboxylic acids is 1. The minimum absolute atomic E-state index is 0.281. The van der Waals surface area contributed by atoms with Gasteiger partial charge in [-0.2, -0.15) is 0 Å². The van der Waals surface area contributed by atoms with Gasteiger partial charge in [-0.3, -0.25) is 15.0 Å². The van der Waals surface area contributed by atoms with Gasteiger partial charge in [0.1, 0.15) is 4.75 Å². The van der Waals surface area contributed by atoms with E-state index in [2.05, 4.69) is 10.3 Å². The van der Waals surface area contributed by atoms with Crippen molar-refractivity contribution in [1.29, 1.82) is 0 Å². The molecular weight excluding hydrogens is 442 g/mol. The molecule has 1 fully saturated rings. The van der Waals surface area contributed by atoms with Crippen LogP contribution in [0.25, 0.3) is 0 Å². The molecular formula is C21H26ClN3O3S2. The molecule has 1 aliphatic rings. The van der Waals surface area contributed by atoms with E-state index in [1.54, 1.807) is 24.9 Å². The van der Waals surface area contributed by atoms with Crippen LogP contribution in [0.4, 0.5) is 15.6 Å². The zero-order valence-electron chi connectivity index (χ0n) is 17.3. The first kappa shape index (κ1) is 22.9. The van der Waals surface area contributed by atoms with Crippen LogP contribution < -0.4 is 10.2 Å². The fourth-order valence-corrected chi connectivity index (χ4v) is 5.99. The van der Waals surface area contributed by atoms with Crippen LogP contribution in [0.2, 0.25) is 5.02 Å². The van der Waals surface area contributed by atoms with Crippen LogP contribution in [0.3, 0.4) is 0 Å². The SMILES string of the molecule is Cc1ccc(N(CC2CCCC2)C(=O)Nc2ncc(SC(C)(C)C(=O)O)s2)c(Cl)c1. The predicted octanol–water partition coefficient (Wildman–Crippen LogP) is 6.29. The lowest BCUT2D eigenvalue weighted by molar-refractivity contribution is -0.138. The molecule has 1 saturated carbocycles. The van der Waals surface area contributed by atoms with E-state index in [-0.39, 0.29) is 6.03 Å². The largest absolute Gasteiger partial charge is 0.480 e. The van der Waals surface area contributed by atoms with Gasteiger partial charge in [0, 0.05) is 6.54 Å². The number of hydrogen-bond acceptors (Lipinski definition) is 5. The molecule has 30 heavy (non-hydrogen) atoms. The Kier molecular flexibility index (Phi) is 7.31. The molecule has 3 rings (SSSR count). The lowest BCUT2D eigenvalue weighted by atomic mass is 10.1. The Labute approximate surface area is 190 Å². The van der Waals surface area contributed by atoms with Crippen molar-refractivity contribution in [3.63, 3.8) is 0 Å². The highest BCUT2D eigenvalue weighted by atomic mass is 35.5. The number of carboxylic acid groups (broad SMARTS) is 1. The van der Waals surface area contributed by atoms with Gasteiger partial charge in [0.25, 0.3) is 0 Å². The Morgan fingerprint density at radius 1 is 1.37 bits per heavy atom. The van der Waals surface area contributed by atoms with Gasteiger partial charge in [0.05, 0.1) is 21.1 Å². The van der Waals surface area contributed by atoms with E-state index in [1.165, 1.54) is 35.9 Å². The van der Waals surface area contributed by atoms with Crippen molar-refractivity contribution in [2.75, 3.05) is 16.8 Å². The number of hydrogen-bond donors (Lipinski definition) is 2. The van der Waals surface area contributed by atoms with Gasteiger partial charge in [-0.05, 0) is 57.2 Å². The molecule has 0 atom stereocenters. The Bertz CT molecular complexity index is 926. The zero-order chi connectivity index (χ0) is 21.9. The topological polar surface area (TPSA) is 82.5 Å². The second kappa shape index (κ2) is 9.58. The van der Waals surface area contributed by atoms with Crippen molar-refractivity contribution in [3.05, 3.63) is 35.0 Å². The number of nitrogens with zero attached hydrogens (tertiary/aromatic N) is 2. The third kappa shape index (κ3) is 5.68. The molecule has 1 aromatic heterocycles. The molecule has 0 bridgehead atoms. The monoisotopic (exact) mass is 467 g/mol. The van der Waals surface area contributed by atoms with Crippen molar-refractivity contribution in [3.8, 4) is 0 Å². The maximum absolute atomic E-state index is 13.2. The van der Waals surface area contributed by atoms with E-state index < -0.39 is 10.7 Å². The summed E-state index contributed by atoms with van der Waals surface area (Å²) in [6, 6.07) is 5.40. The Morgan fingerprint density at radius 3 is 2.70 bits per heavy atom. The summed E-state index contributed by atoms with van der Waals surface area (Å²) in [6.45, 7) is 5.85. The summed E-state index contributed by atoms with van der Waals surface area (Å²) in [5, 5.41) is 13.2. The Hall–Kier alpha value is -1.77. The lowest BCUT2D eigenvalue weighted by Gasteiger charge is -2.26. The van der Waals surface area contributed by atoms with Crippen molar-refractivity contribution >= 4 is 57.5 Å². The molecule has 162 valence electrons. The van der Waals surface area contributed by atoms with Crippen LogP contribution in [-0.4, -0.2) is 33.4 Å². The van der Waals surface area contributed by atoms with Crippen molar-refractivity contribution < 1.29 is 14.7 Å². The highest BCUT2D eigenvalue weighted by molar-refractivity contribution is 8.03. The van der Waals surface area contributed by atoms with Crippen LogP contribution in [-0.2, 0) is 4.79 Å². The number of benzene rings is 1. The van der Waals surface area contributed by atoms with Crippen LogP contribution in [0.5, 0.6) is 0 Å². The van der Waals surface area contributed by atoms with Crippen LogP contribution in [0.15, 0.2) is 28.6 Å². The van der Waals surface area contributed by atoms with E-state index in [4.69, 9.17) is 11.6 Å². The van der Waals surface area contributed by atoms with E-state index in [1.807, 2.05) is 25.1 Å². The van der Waals surface area contributed by atoms with E-state index in [0.29, 0.717) is 28.3 Å². The summed E-state index contributed by atoms with van der Waals surface area (Å²) in [4.78, 5) is 30.5. The predicted molar refractivity (Wildman–Crippen MR) is 124 cm³/mol. The molecule has 1 aliphatic carbocycles. The fraction of sp³-hybridized carbons (Fsp3) is 0.476. The van der Waals surface area contributed by atoms with Gasteiger partial charge in [0.2, 0.25) is 0 Å². The quantitative estimate of drug-likeness (QED) is 0.467. The second-order valence-electron chi connectivity index (χ2n) is 8.05. The number of anilines is 2. The lowest BCUT2D eigenvalue weighted by Crippen LogP contribution is -2.38. The minimum Gasteiger partial charge on any atom is -0.480 e. The zero-order valence-corrected chi connectivity index (χ0v) is 19.7. The summed E-state index contributed by atoms with van der Waals surface area (Å²) in [5.41, 5.74) is 1.72. The van der Waals surface area contributed by atoms with Gasteiger partial charge < -0.3 is 5.11 Å². The molecule has 0 saturated heterocycles. The number of carbonyl (C=O) groups is 2. The third-order valence-electron chi connectivity index (χ3n) is 5.12. The van der Waals surface area contributed by atoms with Crippen molar-refractivity contribution in [2.24, 2.45) is 5.92 Å². The molecule has 9 heteroatoms. The number of thioether (sulfide) groups is 1. The number of nitrogens with one attached hydrogen (secondary N) is 1. The molecule has 0 unspecified atom stereocenters. The van der Waals surface area contributed by atoms with Gasteiger partial charge in [-0.1, -0.05) is 53.6 Å². The molecule has 0 aliphatic heterocycles. The Balaban J connectivity index is 1.77. The number of rotatable bonds is 7. The standard InChI is InChI=1S/C21H26ClN3O3S2/c1-13-8-9-16(15(22)10-13)25(12-14-6-4-5-7-14)20(28)24-19-23-11-17(29-19)30-21(2,3)18(26)27/h8-11,14H,4-7,12H2,1-3H3,(H,26,27)(H,23,24,28). The highest BCUT2D eigenvalue weighted by Crippen LogP contribution is 2.38. The molecule has 1 aromatic carbocycles. The van der Waals surface area contributed by atoms with Crippen molar-refractivity contribution in [1.82, 2.24) is 4.98 Å². The average molecular weight is 468 g/mol. The molecule has 2 amide bonds. The second-order valence-corrected chi connectivity index (χ2v) is 11.4. The molecule has 1 heterocycles. The number of aliphatic carboxylic acids is 1. The number of aryl methyl sites for hydroxylation is 1. The summed E-state index contributed by atoms with van der Waals surface area (Å²) in [5.74, 6) is -0.449. The first-order valence-electron chi connectivity index (χ1n) is 9.88. The Morgan fingerprint density at radius 2 is 2.07 bits per heavy atom. The van der Waals surface area contributed by atoms with Crippen LogP contribution in [0, 0.1) is 12.8 Å². The maximum atomic E-state index is 13.2. The number of halogens is 1. The normalized spacial score (nSPS) is 14.7. The smallest absolute Gasteiger partial charge is 0.328 e. The van der Waals surface area contributed by atoms with E-state index >= 15 is 0 Å². The molecule has 0 radical (unpaired) electrons. The van der Waals surface area contributed by atoms with Gasteiger partial charge >= 0.3 is 12.0 Å². The summed E-state index contributed by atoms with van der Waals surface area (Å²) >= 11 is 8.94. The molecule has 2 aromatic rings. The number of carbonyl (C=O) groups excluding carboxylic acids is 1. The van der Waals surface area contributed by atoms with Gasteiger partial charge in [-0.25, -0.2) is 9.78 Å². The highest BCUT2D eigenvalue weighted by Gasteiger charge is 2.30. The minimum atomic E-state index is -0.974. The van der Waals surface area contributed by atoms with Crippen LogP contribution >= 0.6 is 34.7 Å². The molecule has 6 nitrogen and oxygen atoms in total.